The monoisotopic (exact) mass is 399 g/mol. The SMILES string of the molecule is CCN(/C=C(/C#N)C(=O)Nc1ccc(S(N)(=O)=O)cc1)CCc1ccncc1. The molecule has 0 unspecified atom stereocenters. The molecular formula is C19H21N5O3S. The molecular weight excluding hydrogens is 378 g/mol. The molecule has 2 rings (SSSR count). The number of aromatic nitrogens is 1. The Morgan fingerprint density at radius 1 is 1.25 bits per heavy atom. The van der Waals surface area contributed by atoms with E-state index in [1.165, 1.54) is 30.5 Å². The predicted molar refractivity (Wildman–Crippen MR) is 105 cm³/mol. The van der Waals surface area contributed by atoms with E-state index in [4.69, 9.17) is 5.14 Å². The molecule has 1 aromatic heterocycles. The molecule has 2 aromatic rings. The van der Waals surface area contributed by atoms with Crippen molar-refractivity contribution in [3.8, 4) is 6.07 Å². The lowest BCUT2D eigenvalue weighted by Crippen LogP contribution is -2.23. The molecule has 0 bridgehead atoms. The lowest BCUT2D eigenvalue weighted by Gasteiger charge is -2.18. The van der Waals surface area contributed by atoms with Crippen LogP contribution in [0.25, 0.3) is 0 Å². The summed E-state index contributed by atoms with van der Waals surface area (Å²) in [6.45, 7) is 3.20. The van der Waals surface area contributed by atoms with Crippen molar-refractivity contribution in [3.05, 3.63) is 66.1 Å². The fourth-order valence-electron chi connectivity index (χ4n) is 2.38. The van der Waals surface area contributed by atoms with Gasteiger partial charge in [-0.1, -0.05) is 0 Å². The summed E-state index contributed by atoms with van der Waals surface area (Å²) in [5.74, 6) is -0.576. The maximum absolute atomic E-state index is 12.4. The summed E-state index contributed by atoms with van der Waals surface area (Å²) in [4.78, 5) is 18.2. The van der Waals surface area contributed by atoms with Gasteiger partial charge in [-0.2, -0.15) is 5.26 Å². The highest BCUT2D eigenvalue weighted by Crippen LogP contribution is 2.14. The highest BCUT2D eigenvalue weighted by molar-refractivity contribution is 7.89. The number of carbonyl (C=O) groups excluding carboxylic acids is 1. The van der Waals surface area contributed by atoms with Crippen molar-refractivity contribution in [1.82, 2.24) is 9.88 Å². The van der Waals surface area contributed by atoms with Crippen LogP contribution in [0.5, 0.6) is 0 Å². The predicted octanol–water partition coefficient (Wildman–Crippen LogP) is 1.64. The second-order valence-corrected chi connectivity index (χ2v) is 7.47. The standard InChI is InChI=1S/C19H21N5O3S/c1-2-24(12-9-15-7-10-22-11-8-15)14-16(13-20)19(25)23-17-3-5-18(6-4-17)28(21,26)27/h3-8,10-11,14H,2,9,12H2,1H3,(H,23,25)(H2,21,26,27)/b16-14-. The molecule has 0 saturated carbocycles. The van der Waals surface area contributed by atoms with E-state index < -0.39 is 15.9 Å². The zero-order valence-electron chi connectivity index (χ0n) is 15.4. The van der Waals surface area contributed by atoms with E-state index >= 15 is 0 Å². The average Bonchev–Trinajstić information content (AvgIpc) is 2.68. The van der Waals surface area contributed by atoms with Gasteiger partial charge in [0.25, 0.3) is 5.91 Å². The van der Waals surface area contributed by atoms with Crippen molar-refractivity contribution < 1.29 is 13.2 Å². The van der Waals surface area contributed by atoms with E-state index in [2.05, 4.69) is 10.3 Å². The maximum Gasteiger partial charge on any atom is 0.267 e. The van der Waals surface area contributed by atoms with E-state index in [-0.39, 0.29) is 10.5 Å². The molecule has 0 spiro atoms. The van der Waals surface area contributed by atoms with Gasteiger partial charge in [0.05, 0.1) is 4.90 Å². The Morgan fingerprint density at radius 3 is 2.43 bits per heavy atom. The molecule has 0 aliphatic carbocycles. The van der Waals surface area contributed by atoms with E-state index in [0.717, 1.165) is 12.0 Å². The molecule has 0 aliphatic heterocycles. The van der Waals surface area contributed by atoms with Crippen LogP contribution in [0.3, 0.4) is 0 Å². The summed E-state index contributed by atoms with van der Waals surface area (Å²) in [6, 6.07) is 11.1. The third-order valence-corrected chi connectivity index (χ3v) is 4.89. The number of hydrogen-bond donors (Lipinski definition) is 2. The molecule has 28 heavy (non-hydrogen) atoms. The first-order valence-electron chi connectivity index (χ1n) is 8.52. The van der Waals surface area contributed by atoms with Gasteiger partial charge in [-0.25, -0.2) is 13.6 Å². The molecule has 0 atom stereocenters. The number of sulfonamides is 1. The van der Waals surface area contributed by atoms with Crippen molar-refractivity contribution in [2.24, 2.45) is 5.14 Å². The first-order chi connectivity index (χ1) is 13.3. The number of carbonyl (C=O) groups is 1. The van der Waals surface area contributed by atoms with Gasteiger partial charge < -0.3 is 10.2 Å². The van der Waals surface area contributed by atoms with Crippen molar-refractivity contribution in [2.75, 3.05) is 18.4 Å². The van der Waals surface area contributed by atoms with E-state index in [1.54, 1.807) is 12.4 Å². The number of rotatable bonds is 8. The van der Waals surface area contributed by atoms with E-state index in [0.29, 0.717) is 18.8 Å². The Labute approximate surface area is 164 Å². The molecule has 8 nitrogen and oxygen atoms in total. The first-order valence-corrected chi connectivity index (χ1v) is 10.1. The van der Waals surface area contributed by atoms with Crippen LogP contribution in [0.4, 0.5) is 5.69 Å². The van der Waals surface area contributed by atoms with Gasteiger partial charge >= 0.3 is 0 Å². The number of amides is 1. The van der Waals surface area contributed by atoms with Crippen molar-refractivity contribution in [3.63, 3.8) is 0 Å². The van der Waals surface area contributed by atoms with Gasteiger partial charge in [0.2, 0.25) is 10.0 Å². The van der Waals surface area contributed by atoms with Gasteiger partial charge in [0.1, 0.15) is 11.6 Å². The highest BCUT2D eigenvalue weighted by atomic mass is 32.2. The van der Waals surface area contributed by atoms with Crippen LogP contribution in [0, 0.1) is 11.3 Å². The lowest BCUT2D eigenvalue weighted by molar-refractivity contribution is -0.112. The summed E-state index contributed by atoms with van der Waals surface area (Å²) in [6.07, 6.45) is 5.71. The number of primary sulfonamides is 1. The minimum Gasteiger partial charge on any atom is -0.376 e. The Morgan fingerprint density at radius 2 is 1.89 bits per heavy atom. The molecule has 0 radical (unpaired) electrons. The average molecular weight is 399 g/mol. The Balaban J connectivity index is 2.05. The number of nitrogens with zero attached hydrogens (tertiary/aromatic N) is 3. The lowest BCUT2D eigenvalue weighted by atomic mass is 10.2. The number of nitrogens with two attached hydrogens (primary N) is 1. The zero-order valence-corrected chi connectivity index (χ0v) is 16.2. The molecule has 0 saturated heterocycles. The Kier molecular flexibility index (Phi) is 7.26. The Hall–Kier alpha value is -3.22. The second kappa shape index (κ2) is 9.64. The zero-order chi connectivity index (χ0) is 20.6. The van der Waals surface area contributed by atoms with Crippen LogP contribution in [0.2, 0.25) is 0 Å². The van der Waals surface area contributed by atoms with E-state index in [1.807, 2.05) is 30.0 Å². The number of benzene rings is 1. The molecule has 0 fully saturated rings. The fraction of sp³-hybridized carbons (Fsp3) is 0.211. The fourth-order valence-corrected chi connectivity index (χ4v) is 2.90. The van der Waals surface area contributed by atoms with Crippen LogP contribution in [0.15, 0.2) is 65.5 Å². The molecule has 146 valence electrons. The number of anilines is 1. The number of pyridine rings is 1. The van der Waals surface area contributed by atoms with Crippen LogP contribution in [-0.4, -0.2) is 37.3 Å². The number of nitriles is 1. The van der Waals surface area contributed by atoms with Gasteiger partial charge in [0.15, 0.2) is 0 Å². The van der Waals surface area contributed by atoms with Crippen LogP contribution < -0.4 is 10.5 Å². The molecule has 1 amide bonds. The Bertz CT molecular complexity index is 980. The van der Waals surface area contributed by atoms with Crippen molar-refractivity contribution >= 4 is 21.6 Å². The van der Waals surface area contributed by atoms with Gasteiger partial charge in [-0.15, -0.1) is 0 Å². The summed E-state index contributed by atoms with van der Waals surface area (Å²) < 4.78 is 22.5. The van der Waals surface area contributed by atoms with E-state index in [9.17, 15) is 18.5 Å². The molecule has 0 aliphatic rings. The van der Waals surface area contributed by atoms with Crippen molar-refractivity contribution in [1.29, 1.82) is 5.26 Å². The summed E-state index contributed by atoms with van der Waals surface area (Å²) in [7, 11) is -3.80. The number of hydrogen-bond acceptors (Lipinski definition) is 6. The highest BCUT2D eigenvalue weighted by Gasteiger charge is 2.13. The number of likely N-dealkylation sites (N-methyl/N-ethyl adjacent to an activating group) is 1. The smallest absolute Gasteiger partial charge is 0.267 e. The third kappa shape index (κ3) is 6.19. The normalized spacial score (nSPS) is 11.5. The second-order valence-electron chi connectivity index (χ2n) is 5.91. The topological polar surface area (TPSA) is 129 Å². The molecule has 9 heteroatoms. The first kappa shape index (κ1) is 21.1. The summed E-state index contributed by atoms with van der Waals surface area (Å²) >= 11 is 0. The minimum atomic E-state index is -3.80. The molecule has 1 heterocycles. The largest absolute Gasteiger partial charge is 0.376 e. The minimum absolute atomic E-state index is 0.0490. The van der Waals surface area contributed by atoms with Crippen LogP contribution in [0.1, 0.15) is 12.5 Å². The molecule has 1 aromatic carbocycles. The van der Waals surface area contributed by atoms with Crippen molar-refractivity contribution in [2.45, 2.75) is 18.2 Å². The number of nitrogens with one attached hydrogen (secondary N) is 1. The quantitative estimate of drug-likeness (QED) is 0.513. The molecule has 3 N–H and O–H groups in total. The maximum atomic E-state index is 12.4. The third-order valence-electron chi connectivity index (χ3n) is 3.96. The summed E-state index contributed by atoms with van der Waals surface area (Å²) in [5, 5.41) is 17.0. The van der Waals surface area contributed by atoms with Gasteiger partial charge in [-0.05, 0) is 55.3 Å². The van der Waals surface area contributed by atoms with Gasteiger partial charge in [-0.3, -0.25) is 9.78 Å². The summed E-state index contributed by atoms with van der Waals surface area (Å²) in [5.41, 5.74) is 1.42. The van der Waals surface area contributed by atoms with Crippen LogP contribution >= 0.6 is 0 Å². The van der Waals surface area contributed by atoms with Crippen LogP contribution in [-0.2, 0) is 21.2 Å². The van der Waals surface area contributed by atoms with Gasteiger partial charge in [0, 0.05) is 37.4 Å².